The number of nitrogens with zero attached hydrogens (tertiary/aromatic N) is 2. The van der Waals surface area contributed by atoms with Gasteiger partial charge >= 0.3 is 0 Å². The fourth-order valence-electron chi connectivity index (χ4n) is 2.31. The fourth-order valence-corrected chi connectivity index (χ4v) is 2.31. The third-order valence-corrected chi connectivity index (χ3v) is 3.41. The maximum atomic E-state index is 10.7. The van der Waals surface area contributed by atoms with Crippen LogP contribution in [0, 0.1) is 21.4 Å². The van der Waals surface area contributed by atoms with E-state index >= 15 is 0 Å². The summed E-state index contributed by atoms with van der Waals surface area (Å²) in [6, 6.07) is 13.4. The normalized spacial score (nSPS) is 13.3. The van der Waals surface area contributed by atoms with Crippen molar-refractivity contribution in [3.63, 3.8) is 0 Å². The van der Waals surface area contributed by atoms with Crippen molar-refractivity contribution in [3.05, 3.63) is 63.7 Å². The number of nitro groups is 1. The fraction of sp³-hybridized carbons (Fsp3) is 0.118. The van der Waals surface area contributed by atoms with E-state index in [-0.39, 0.29) is 5.69 Å². The molecule has 1 heterocycles. The monoisotopic (exact) mass is 308 g/mol. The molecule has 0 radical (unpaired) electrons. The summed E-state index contributed by atoms with van der Waals surface area (Å²) in [6.45, 7) is 0.949. The predicted octanol–water partition coefficient (Wildman–Crippen LogP) is 3.43. The molecular formula is C17H12N2O4. The van der Waals surface area contributed by atoms with E-state index in [1.165, 1.54) is 12.1 Å². The maximum absolute atomic E-state index is 10.7. The van der Waals surface area contributed by atoms with Crippen molar-refractivity contribution in [3.8, 4) is 17.6 Å². The smallest absolute Gasteiger partial charge is 0.269 e. The van der Waals surface area contributed by atoms with E-state index in [2.05, 4.69) is 6.07 Å². The Kier molecular flexibility index (Phi) is 3.93. The number of nitro benzene ring substituents is 1. The molecule has 6 heteroatoms. The number of hydrogen-bond acceptors (Lipinski definition) is 5. The van der Waals surface area contributed by atoms with E-state index in [0.717, 1.165) is 5.56 Å². The number of rotatable bonds is 3. The minimum absolute atomic E-state index is 0.0140. The van der Waals surface area contributed by atoms with Crippen LogP contribution in [-0.2, 0) is 0 Å². The van der Waals surface area contributed by atoms with Gasteiger partial charge < -0.3 is 9.47 Å². The number of para-hydroxylation sites is 1. The molecule has 0 unspecified atom stereocenters. The van der Waals surface area contributed by atoms with Crippen molar-refractivity contribution in [1.82, 2.24) is 0 Å². The highest BCUT2D eigenvalue weighted by Gasteiger charge is 2.15. The lowest BCUT2D eigenvalue weighted by Gasteiger charge is -2.19. The summed E-state index contributed by atoms with van der Waals surface area (Å²) in [6.07, 6.45) is 1.69. The van der Waals surface area contributed by atoms with Gasteiger partial charge in [-0.2, -0.15) is 5.26 Å². The summed E-state index contributed by atoms with van der Waals surface area (Å²) in [5.41, 5.74) is 1.71. The third kappa shape index (κ3) is 2.99. The molecule has 6 nitrogen and oxygen atoms in total. The first-order chi connectivity index (χ1) is 11.2. The molecule has 0 aromatic heterocycles. The summed E-state index contributed by atoms with van der Waals surface area (Å²) in [5.74, 6) is 1.25. The first-order valence-corrected chi connectivity index (χ1v) is 6.94. The molecular weight excluding hydrogens is 296 g/mol. The molecule has 0 saturated heterocycles. The first kappa shape index (κ1) is 14.6. The first-order valence-electron chi connectivity index (χ1n) is 6.94. The molecule has 0 atom stereocenters. The van der Waals surface area contributed by atoms with Crippen molar-refractivity contribution in [2.24, 2.45) is 0 Å². The van der Waals surface area contributed by atoms with Gasteiger partial charge in [-0.05, 0) is 29.8 Å². The molecule has 0 bridgehead atoms. The van der Waals surface area contributed by atoms with Crippen LogP contribution in [-0.4, -0.2) is 18.1 Å². The minimum Gasteiger partial charge on any atom is -0.486 e. The SMILES string of the molecule is N#C/C(=C/c1cccc2c1OCCO2)c1ccc([N+](=O)[O-])cc1. The van der Waals surface area contributed by atoms with Gasteiger partial charge in [0.25, 0.3) is 5.69 Å². The molecule has 1 aliphatic heterocycles. The summed E-state index contributed by atoms with van der Waals surface area (Å²) in [5, 5.41) is 20.1. The number of hydrogen-bond donors (Lipinski definition) is 0. The number of allylic oxidation sites excluding steroid dienone is 1. The summed E-state index contributed by atoms with van der Waals surface area (Å²) in [4.78, 5) is 10.2. The van der Waals surface area contributed by atoms with Crippen molar-refractivity contribution in [1.29, 1.82) is 5.26 Å². The maximum Gasteiger partial charge on any atom is 0.269 e. The minimum atomic E-state index is -0.474. The van der Waals surface area contributed by atoms with Crippen LogP contribution < -0.4 is 9.47 Å². The average molecular weight is 308 g/mol. The van der Waals surface area contributed by atoms with Gasteiger partial charge in [-0.25, -0.2) is 0 Å². The Labute approximate surface area is 132 Å². The molecule has 0 N–H and O–H groups in total. The van der Waals surface area contributed by atoms with Crippen molar-refractivity contribution in [2.45, 2.75) is 0 Å². The Morgan fingerprint density at radius 3 is 2.61 bits per heavy atom. The van der Waals surface area contributed by atoms with E-state index < -0.39 is 4.92 Å². The van der Waals surface area contributed by atoms with Gasteiger partial charge in [0.2, 0.25) is 0 Å². The molecule has 2 aromatic carbocycles. The molecule has 0 aliphatic carbocycles. The second kappa shape index (κ2) is 6.20. The quantitative estimate of drug-likeness (QED) is 0.375. The van der Waals surface area contributed by atoms with Crippen LogP contribution in [0.4, 0.5) is 5.69 Å². The van der Waals surface area contributed by atoms with Crippen LogP contribution in [0.3, 0.4) is 0 Å². The molecule has 0 fully saturated rings. The van der Waals surface area contributed by atoms with Gasteiger partial charge in [0.05, 0.1) is 16.6 Å². The van der Waals surface area contributed by atoms with Gasteiger partial charge in [-0.15, -0.1) is 0 Å². The lowest BCUT2D eigenvalue weighted by molar-refractivity contribution is -0.384. The number of fused-ring (bicyclic) bond motifs is 1. The largest absolute Gasteiger partial charge is 0.486 e. The van der Waals surface area contributed by atoms with Crippen LogP contribution in [0.1, 0.15) is 11.1 Å². The Hall–Kier alpha value is -3.33. The van der Waals surface area contributed by atoms with Gasteiger partial charge in [-0.3, -0.25) is 10.1 Å². The summed E-state index contributed by atoms with van der Waals surface area (Å²) in [7, 11) is 0. The lowest BCUT2D eigenvalue weighted by Crippen LogP contribution is -2.15. The predicted molar refractivity (Wildman–Crippen MR) is 84.0 cm³/mol. The van der Waals surface area contributed by atoms with E-state index in [9.17, 15) is 15.4 Å². The Morgan fingerprint density at radius 1 is 1.17 bits per heavy atom. The average Bonchev–Trinajstić information content (AvgIpc) is 2.60. The van der Waals surface area contributed by atoms with Gasteiger partial charge in [0.1, 0.15) is 13.2 Å². The second-order valence-electron chi connectivity index (χ2n) is 4.85. The molecule has 3 rings (SSSR count). The molecule has 114 valence electrons. The third-order valence-electron chi connectivity index (χ3n) is 3.41. The Balaban J connectivity index is 2.00. The highest BCUT2D eigenvalue weighted by atomic mass is 16.6. The summed E-state index contributed by atoms with van der Waals surface area (Å²) < 4.78 is 11.1. The topological polar surface area (TPSA) is 85.4 Å². The Morgan fingerprint density at radius 2 is 1.91 bits per heavy atom. The number of non-ortho nitro benzene ring substituents is 1. The van der Waals surface area contributed by atoms with E-state index in [1.54, 1.807) is 18.2 Å². The molecule has 1 aliphatic rings. The molecule has 23 heavy (non-hydrogen) atoms. The lowest BCUT2D eigenvalue weighted by atomic mass is 10.0. The van der Waals surface area contributed by atoms with Crippen molar-refractivity contribution >= 4 is 17.3 Å². The standard InChI is InChI=1S/C17H12N2O4/c18-11-14(12-4-6-15(7-5-12)19(20)21)10-13-2-1-3-16-17(13)23-9-8-22-16/h1-7,10H,8-9H2/b14-10-. The van der Waals surface area contributed by atoms with Crippen LogP contribution in [0.5, 0.6) is 11.5 Å². The number of nitriles is 1. The summed E-state index contributed by atoms with van der Waals surface area (Å²) >= 11 is 0. The number of benzene rings is 2. The van der Waals surface area contributed by atoms with Crippen LogP contribution in [0.25, 0.3) is 11.6 Å². The van der Waals surface area contributed by atoms with E-state index in [1.807, 2.05) is 18.2 Å². The molecule has 2 aromatic rings. The van der Waals surface area contributed by atoms with Crippen LogP contribution in [0.15, 0.2) is 42.5 Å². The highest BCUT2D eigenvalue weighted by molar-refractivity contribution is 5.91. The van der Waals surface area contributed by atoms with Crippen LogP contribution in [0.2, 0.25) is 0 Å². The zero-order valence-corrected chi connectivity index (χ0v) is 12.1. The van der Waals surface area contributed by atoms with Gasteiger partial charge in [-0.1, -0.05) is 12.1 Å². The zero-order valence-electron chi connectivity index (χ0n) is 12.1. The highest BCUT2D eigenvalue weighted by Crippen LogP contribution is 2.35. The van der Waals surface area contributed by atoms with E-state index in [4.69, 9.17) is 9.47 Å². The van der Waals surface area contributed by atoms with Crippen molar-refractivity contribution in [2.75, 3.05) is 13.2 Å². The number of ether oxygens (including phenoxy) is 2. The molecule has 0 saturated carbocycles. The van der Waals surface area contributed by atoms with Gasteiger partial charge in [0, 0.05) is 17.7 Å². The van der Waals surface area contributed by atoms with E-state index in [0.29, 0.717) is 35.8 Å². The molecule has 0 amide bonds. The van der Waals surface area contributed by atoms with Crippen LogP contribution >= 0.6 is 0 Å². The second-order valence-corrected chi connectivity index (χ2v) is 4.85. The van der Waals surface area contributed by atoms with Crippen molar-refractivity contribution < 1.29 is 14.4 Å². The molecule has 0 spiro atoms. The zero-order chi connectivity index (χ0) is 16.2. The van der Waals surface area contributed by atoms with Gasteiger partial charge in [0.15, 0.2) is 11.5 Å². The Bertz CT molecular complexity index is 819.